The molecule has 5 nitrogen and oxygen atoms in total. The van der Waals surface area contributed by atoms with Crippen molar-refractivity contribution < 1.29 is 4.79 Å². The lowest BCUT2D eigenvalue weighted by atomic mass is 9.96. The maximum absolute atomic E-state index is 13.5. The highest BCUT2D eigenvalue weighted by Crippen LogP contribution is 2.54. The second kappa shape index (κ2) is 6.78. The van der Waals surface area contributed by atoms with Crippen molar-refractivity contribution in [1.29, 1.82) is 0 Å². The van der Waals surface area contributed by atoms with Crippen LogP contribution in [0.25, 0.3) is 28.1 Å². The lowest BCUT2D eigenvalue weighted by molar-refractivity contribution is 0.0704. The number of amides is 1. The molecule has 0 bridgehead atoms. The van der Waals surface area contributed by atoms with Gasteiger partial charge in [0.1, 0.15) is 5.69 Å². The molecular formula is C26H21ClN4O. The molecule has 0 unspecified atom stereocenters. The van der Waals surface area contributed by atoms with Crippen LogP contribution in [0.3, 0.4) is 0 Å². The molecule has 32 heavy (non-hydrogen) atoms. The summed E-state index contributed by atoms with van der Waals surface area (Å²) in [6, 6.07) is 19.9. The van der Waals surface area contributed by atoms with Gasteiger partial charge in [0, 0.05) is 35.6 Å². The van der Waals surface area contributed by atoms with Crippen molar-refractivity contribution in [1.82, 2.24) is 19.7 Å². The van der Waals surface area contributed by atoms with E-state index in [1.54, 1.807) is 10.9 Å². The van der Waals surface area contributed by atoms with Gasteiger partial charge in [0.05, 0.1) is 21.9 Å². The van der Waals surface area contributed by atoms with Gasteiger partial charge in [-0.05, 0) is 49.6 Å². The molecule has 1 amide bonds. The molecule has 1 aliphatic heterocycles. The Morgan fingerprint density at radius 2 is 1.78 bits per heavy atom. The third kappa shape index (κ3) is 2.67. The zero-order valence-corrected chi connectivity index (χ0v) is 18.6. The molecule has 6 heteroatoms. The zero-order chi connectivity index (χ0) is 22.0. The number of rotatable bonds is 2. The van der Waals surface area contributed by atoms with Gasteiger partial charge >= 0.3 is 0 Å². The summed E-state index contributed by atoms with van der Waals surface area (Å²) in [5.41, 5.74) is 6.95. The molecule has 4 aromatic rings. The summed E-state index contributed by atoms with van der Waals surface area (Å²) in [5.74, 6) is -0.0244. The van der Waals surface area contributed by atoms with E-state index in [-0.39, 0.29) is 11.4 Å². The van der Waals surface area contributed by atoms with Crippen molar-refractivity contribution in [3.05, 3.63) is 88.8 Å². The van der Waals surface area contributed by atoms with E-state index in [0.717, 1.165) is 46.5 Å². The Hall–Kier alpha value is -3.44. The van der Waals surface area contributed by atoms with Crippen LogP contribution >= 0.6 is 11.6 Å². The molecule has 0 saturated heterocycles. The number of carbonyl (C=O) groups excluding carboxylic acids is 1. The second-order valence-electron chi connectivity index (χ2n) is 8.57. The minimum Gasteiger partial charge on any atom is -0.331 e. The van der Waals surface area contributed by atoms with Crippen LogP contribution in [0.5, 0.6) is 0 Å². The van der Waals surface area contributed by atoms with E-state index in [1.165, 1.54) is 0 Å². The number of hydrogen-bond acceptors (Lipinski definition) is 3. The third-order valence-corrected chi connectivity index (χ3v) is 7.12. The fraction of sp³-hybridized carbons (Fsp3) is 0.192. The number of hydrogen-bond donors (Lipinski definition) is 0. The molecule has 2 aromatic heterocycles. The fourth-order valence-electron chi connectivity index (χ4n) is 4.84. The van der Waals surface area contributed by atoms with Gasteiger partial charge in [-0.15, -0.1) is 0 Å². The molecule has 0 N–H and O–H groups in total. The molecule has 3 heterocycles. The van der Waals surface area contributed by atoms with E-state index >= 15 is 0 Å². The van der Waals surface area contributed by atoms with Crippen LogP contribution in [0.4, 0.5) is 0 Å². The van der Waals surface area contributed by atoms with Gasteiger partial charge in [0.2, 0.25) is 0 Å². The van der Waals surface area contributed by atoms with Gasteiger partial charge in [0.15, 0.2) is 0 Å². The lowest BCUT2D eigenvalue weighted by Gasteiger charge is -2.27. The number of halogens is 1. The molecule has 6 rings (SSSR count). The maximum Gasteiger partial charge on any atom is 0.273 e. The van der Waals surface area contributed by atoms with E-state index in [2.05, 4.69) is 29.2 Å². The average Bonchev–Trinajstić information content (AvgIpc) is 3.51. The maximum atomic E-state index is 13.5. The average molecular weight is 441 g/mol. The Morgan fingerprint density at radius 3 is 2.53 bits per heavy atom. The number of nitrogens with zero attached hydrogens (tertiary/aromatic N) is 4. The first-order valence-electron chi connectivity index (χ1n) is 10.7. The molecule has 1 spiro atoms. The monoisotopic (exact) mass is 440 g/mol. The highest BCUT2D eigenvalue weighted by Gasteiger charge is 2.53. The van der Waals surface area contributed by atoms with Crippen LogP contribution in [0, 0.1) is 6.92 Å². The topological polar surface area (TPSA) is 51.0 Å². The minimum absolute atomic E-state index is 0.0244. The van der Waals surface area contributed by atoms with E-state index < -0.39 is 0 Å². The first-order chi connectivity index (χ1) is 15.5. The predicted molar refractivity (Wildman–Crippen MR) is 125 cm³/mol. The molecule has 1 aliphatic carbocycles. The summed E-state index contributed by atoms with van der Waals surface area (Å²) < 4.78 is 1.80. The molecule has 2 aromatic carbocycles. The van der Waals surface area contributed by atoms with E-state index in [1.807, 2.05) is 55.3 Å². The SMILES string of the molecule is Cc1ncccc1-c1ccc2c(c1)-n1nc(-c3ccccc3Cl)cc1C(=O)N(C)C21CC1. The van der Waals surface area contributed by atoms with Crippen LogP contribution in [-0.2, 0) is 5.54 Å². The number of benzene rings is 2. The Labute approximate surface area is 191 Å². The van der Waals surface area contributed by atoms with Gasteiger partial charge in [-0.2, -0.15) is 5.10 Å². The van der Waals surface area contributed by atoms with Crippen LogP contribution < -0.4 is 0 Å². The Balaban J connectivity index is 1.61. The molecule has 2 aliphatic rings. The summed E-state index contributed by atoms with van der Waals surface area (Å²) in [4.78, 5) is 19.9. The van der Waals surface area contributed by atoms with E-state index in [4.69, 9.17) is 16.7 Å². The van der Waals surface area contributed by atoms with Crippen LogP contribution in [0.2, 0.25) is 5.02 Å². The number of aromatic nitrogens is 3. The minimum atomic E-state index is -0.264. The van der Waals surface area contributed by atoms with Gasteiger partial charge in [0.25, 0.3) is 5.91 Å². The summed E-state index contributed by atoms with van der Waals surface area (Å²) in [7, 11) is 1.90. The standard InChI is InChI=1S/C26H21ClN4O/c1-16-18(7-5-13-28-16)17-9-10-20-23(14-17)31-24(25(32)30(2)26(20)11-12-26)15-22(29-31)19-6-3-4-8-21(19)27/h3-10,13-15H,11-12H2,1-2H3. The van der Waals surface area contributed by atoms with Crippen LogP contribution in [0.1, 0.15) is 34.6 Å². The normalized spacial score (nSPS) is 16.0. The molecule has 0 radical (unpaired) electrons. The number of carbonyl (C=O) groups is 1. The highest BCUT2D eigenvalue weighted by molar-refractivity contribution is 6.33. The van der Waals surface area contributed by atoms with Crippen molar-refractivity contribution in [3.63, 3.8) is 0 Å². The number of aryl methyl sites for hydroxylation is 1. The van der Waals surface area contributed by atoms with Crippen molar-refractivity contribution in [3.8, 4) is 28.1 Å². The van der Waals surface area contributed by atoms with Gasteiger partial charge in [-0.1, -0.05) is 48.0 Å². The smallest absolute Gasteiger partial charge is 0.273 e. The van der Waals surface area contributed by atoms with Crippen molar-refractivity contribution in [2.24, 2.45) is 0 Å². The molecular weight excluding hydrogens is 420 g/mol. The summed E-state index contributed by atoms with van der Waals surface area (Å²) in [6.07, 6.45) is 3.71. The first kappa shape index (κ1) is 19.3. The third-order valence-electron chi connectivity index (χ3n) is 6.79. The summed E-state index contributed by atoms with van der Waals surface area (Å²) >= 11 is 6.45. The van der Waals surface area contributed by atoms with Crippen LogP contribution in [-0.4, -0.2) is 32.6 Å². The predicted octanol–water partition coefficient (Wildman–Crippen LogP) is 5.64. The molecule has 0 atom stereocenters. The Morgan fingerprint density at radius 1 is 1.00 bits per heavy atom. The molecule has 158 valence electrons. The summed E-state index contributed by atoms with van der Waals surface area (Å²) in [6.45, 7) is 2.01. The van der Waals surface area contributed by atoms with E-state index in [9.17, 15) is 4.79 Å². The van der Waals surface area contributed by atoms with Gasteiger partial charge in [-0.25, -0.2) is 4.68 Å². The largest absolute Gasteiger partial charge is 0.331 e. The second-order valence-corrected chi connectivity index (χ2v) is 8.98. The number of fused-ring (bicyclic) bond motifs is 4. The molecule has 1 fully saturated rings. The lowest BCUT2D eigenvalue weighted by Crippen LogP contribution is -2.36. The zero-order valence-electron chi connectivity index (χ0n) is 17.8. The van der Waals surface area contributed by atoms with Crippen molar-refractivity contribution in [2.75, 3.05) is 7.05 Å². The summed E-state index contributed by atoms with van der Waals surface area (Å²) in [5, 5.41) is 5.50. The first-order valence-corrected chi connectivity index (χ1v) is 11.1. The highest BCUT2D eigenvalue weighted by atomic mass is 35.5. The van der Waals surface area contributed by atoms with E-state index in [0.29, 0.717) is 16.4 Å². The Kier molecular flexibility index (Phi) is 4.08. The molecule has 1 saturated carbocycles. The quantitative estimate of drug-likeness (QED) is 0.405. The van der Waals surface area contributed by atoms with Crippen molar-refractivity contribution >= 4 is 17.5 Å². The number of pyridine rings is 1. The van der Waals surface area contributed by atoms with Gasteiger partial charge in [-0.3, -0.25) is 9.78 Å². The van der Waals surface area contributed by atoms with Crippen LogP contribution in [0.15, 0.2) is 66.9 Å². The Bertz CT molecular complexity index is 1400. The van der Waals surface area contributed by atoms with Crippen molar-refractivity contribution in [2.45, 2.75) is 25.3 Å². The van der Waals surface area contributed by atoms with Gasteiger partial charge < -0.3 is 4.90 Å². The fourth-order valence-corrected chi connectivity index (χ4v) is 5.08.